The van der Waals surface area contributed by atoms with Crippen LogP contribution >= 0.6 is 0 Å². The zero-order valence-corrected chi connectivity index (χ0v) is 12.9. The Morgan fingerprint density at radius 2 is 1.95 bits per heavy atom. The number of hydrogen-bond acceptors (Lipinski definition) is 3. The van der Waals surface area contributed by atoms with E-state index in [0.717, 1.165) is 6.42 Å². The zero-order valence-electron chi connectivity index (χ0n) is 12.9. The minimum Gasteiger partial charge on any atom is -0.444 e. The molecule has 112 valence electrons. The van der Waals surface area contributed by atoms with Crippen LogP contribution in [-0.4, -0.2) is 29.7 Å². The number of carbonyl (C=O) groups excluding carboxylic acids is 1. The van der Waals surface area contributed by atoms with Crippen LogP contribution in [0.2, 0.25) is 0 Å². The third-order valence-electron chi connectivity index (χ3n) is 3.58. The van der Waals surface area contributed by atoms with Crippen molar-refractivity contribution >= 4 is 6.09 Å². The van der Waals surface area contributed by atoms with Crippen molar-refractivity contribution in [1.29, 1.82) is 5.26 Å². The number of nitriles is 1. The van der Waals surface area contributed by atoms with Crippen molar-refractivity contribution in [3.05, 3.63) is 35.9 Å². The van der Waals surface area contributed by atoms with Crippen molar-refractivity contribution in [3.8, 4) is 6.07 Å². The van der Waals surface area contributed by atoms with Crippen LogP contribution in [0.25, 0.3) is 0 Å². The lowest BCUT2D eigenvalue weighted by molar-refractivity contribution is -0.0327. The standard InChI is InChI=1S/C17H22N2O2/c1-16(2,3)21-15(20)19-12-17(13-19,9-10-18)11-14-7-5-4-6-8-14/h4-8H,9,11-13H2,1-3H3. The molecule has 0 aromatic heterocycles. The van der Waals surface area contributed by atoms with Gasteiger partial charge in [-0.15, -0.1) is 0 Å². The Labute approximate surface area is 126 Å². The fourth-order valence-electron chi connectivity index (χ4n) is 2.70. The van der Waals surface area contributed by atoms with E-state index in [9.17, 15) is 4.79 Å². The molecule has 0 unspecified atom stereocenters. The van der Waals surface area contributed by atoms with Crippen molar-refractivity contribution < 1.29 is 9.53 Å². The number of nitrogens with zero attached hydrogens (tertiary/aromatic N) is 2. The Bertz CT molecular complexity index is 534. The molecule has 0 spiro atoms. The van der Waals surface area contributed by atoms with Crippen molar-refractivity contribution in [2.24, 2.45) is 5.41 Å². The Kier molecular flexibility index (Phi) is 4.22. The monoisotopic (exact) mass is 286 g/mol. The maximum atomic E-state index is 12.0. The van der Waals surface area contributed by atoms with Crippen LogP contribution in [0.15, 0.2) is 30.3 Å². The van der Waals surface area contributed by atoms with Gasteiger partial charge in [0.15, 0.2) is 0 Å². The molecule has 0 aliphatic carbocycles. The van der Waals surface area contributed by atoms with Gasteiger partial charge in [0.2, 0.25) is 0 Å². The van der Waals surface area contributed by atoms with Gasteiger partial charge in [0.1, 0.15) is 5.60 Å². The number of carbonyl (C=O) groups is 1. The lowest BCUT2D eigenvalue weighted by Crippen LogP contribution is -2.60. The molecule has 0 radical (unpaired) electrons. The maximum absolute atomic E-state index is 12.0. The van der Waals surface area contributed by atoms with Crippen molar-refractivity contribution in [2.75, 3.05) is 13.1 Å². The second-order valence-electron chi connectivity index (χ2n) is 6.83. The van der Waals surface area contributed by atoms with Crippen LogP contribution in [-0.2, 0) is 11.2 Å². The van der Waals surface area contributed by atoms with E-state index < -0.39 is 5.60 Å². The summed E-state index contributed by atoms with van der Waals surface area (Å²) in [6.07, 6.45) is 0.992. The number of hydrogen-bond donors (Lipinski definition) is 0. The summed E-state index contributed by atoms with van der Waals surface area (Å²) in [6.45, 7) is 6.75. The Morgan fingerprint density at radius 1 is 1.33 bits per heavy atom. The number of ether oxygens (including phenoxy) is 1. The topological polar surface area (TPSA) is 53.3 Å². The minimum atomic E-state index is -0.482. The molecule has 1 aliphatic rings. The van der Waals surface area contributed by atoms with Crippen molar-refractivity contribution in [2.45, 2.75) is 39.2 Å². The molecular formula is C17H22N2O2. The fraction of sp³-hybridized carbons (Fsp3) is 0.529. The molecule has 1 aromatic carbocycles. The van der Waals surface area contributed by atoms with E-state index >= 15 is 0 Å². The summed E-state index contributed by atoms with van der Waals surface area (Å²) in [4.78, 5) is 13.7. The van der Waals surface area contributed by atoms with Crippen molar-refractivity contribution in [3.63, 3.8) is 0 Å². The third-order valence-corrected chi connectivity index (χ3v) is 3.58. The molecule has 1 amide bonds. The summed E-state index contributed by atoms with van der Waals surface area (Å²) < 4.78 is 5.37. The van der Waals surface area contributed by atoms with E-state index in [2.05, 4.69) is 18.2 Å². The van der Waals surface area contributed by atoms with E-state index in [-0.39, 0.29) is 11.5 Å². The first-order chi connectivity index (χ1) is 9.84. The second kappa shape index (κ2) is 5.77. The largest absolute Gasteiger partial charge is 0.444 e. The summed E-state index contributed by atoms with van der Waals surface area (Å²) >= 11 is 0. The second-order valence-corrected chi connectivity index (χ2v) is 6.83. The van der Waals surface area contributed by atoms with Crippen LogP contribution < -0.4 is 0 Å². The molecule has 1 fully saturated rings. The first-order valence-corrected chi connectivity index (χ1v) is 7.22. The smallest absolute Gasteiger partial charge is 0.410 e. The van der Waals surface area contributed by atoms with Gasteiger partial charge in [-0.25, -0.2) is 4.79 Å². The highest BCUT2D eigenvalue weighted by atomic mass is 16.6. The zero-order chi connectivity index (χ0) is 15.5. The van der Waals surface area contributed by atoms with Gasteiger partial charge in [0.05, 0.1) is 6.07 Å². The average molecular weight is 286 g/mol. The van der Waals surface area contributed by atoms with Crippen LogP contribution in [0.4, 0.5) is 4.79 Å². The normalized spacial score (nSPS) is 16.8. The summed E-state index contributed by atoms with van der Waals surface area (Å²) in [7, 11) is 0. The summed E-state index contributed by atoms with van der Waals surface area (Å²) in [5.41, 5.74) is 0.591. The molecule has 4 heteroatoms. The molecule has 2 rings (SSSR count). The highest BCUT2D eigenvalue weighted by molar-refractivity contribution is 5.69. The van der Waals surface area contributed by atoms with Gasteiger partial charge in [0.25, 0.3) is 0 Å². The molecule has 0 bridgehead atoms. The number of amides is 1. The lowest BCUT2D eigenvalue weighted by Gasteiger charge is -2.49. The predicted molar refractivity (Wildman–Crippen MR) is 80.6 cm³/mol. The Hall–Kier alpha value is -2.02. The maximum Gasteiger partial charge on any atom is 0.410 e. The van der Waals surface area contributed by atoms with Gasteiger partial charge in [-0.2, -0.15) is 5.26 Å². The first kappa shape index (κ1) is 15.4. The Balaban J connectivity index is 1.98. The summed E-state index contributed by atoms with van der Waals surface area (Å²) in [5.74, 6) is 0. The molecule has 21 heavy (non-hydrogen) atoms. The molecule has 0 N–H and O–H groups in total. The van der Waals surface area contributed by atoms with Gasteiger partial charge < -0.3 is 9.64 Å². The molecule has 4 nitrogen and oxygen atoms in total. The van der Waals surface area contributed by atoms with E-state index in [0.29, 0.717) is 19.5 Å². The molecule has 0 saturated carbocycles. The van der Waals surface area contributed by atoms with E-state index in [1.807, 2.05) is 39.0 Å². The fourth-order valence-corrected chi connectivity index (χ4v) is 2.70. The van der Waals surface area contributed by atoms with E-state index in [4.69, 9.17) is 10.00 Å². The van der Waals surface area contributed by atoms with Crippen LogP contribution in [0.5, 0.6) is 0 Å². The molecule has 1 aliphatic heterocycles. The number of benzene rings is 1. The van der Waals surface area contributed by atoms with Crippen LogP contribution in [0.1, 0.15) is 32.8 Å². The predicted octanol–water partition coefficient (Wildman–Crippen LogP) is 3.38. The highest BCUT2D eigenvalue weighted by Gasteiger charge is 2.46. The van der Waals surface area contributed by atoms with Crippen LogP contribution in [0.3, 0.4) is 0 Å². The first-order valence-electron chi connectivity index (χ1n) is 7.22. The molecular weight excluding hydrogens is 264 g/mol. The van der Waals surface area contributed by atoms with Crippen molar-refractivity contribution in [1.82, 2.24) is 4.90 Å². The summed E-state index contributed by atoms with van der Waals surface area (Å²) in [6, 6.07) is 12.4. The molecule has 1 aromatic rings. The molecule has 1 heterocycles. The van der Waals surface area contributed by atoms with Gasteiger partial charge >= 0.3 is 6.09 Å². The SMILES string of the molecule is CC(C)(C)OC(=O)N1CC(CC#N)(Cc2ccccc2)C1. The number of likely N-dealkylation sites (tertiary alicyclic amines) is 1. The van der Waals surface area contributed by atoms with E-state index in [1.54, 1.807) is 4.90 Å². The summed E-state index contributed by atoms with van der Waals surface area (Å²) in [5, 5.41) is 9.07. The minimum absolute atomic E-state index is 0.132. The quantitative estimate of drug-likeness (QED) is 0.856. The van der Waals surface area contributed by atoms with Gasteiger partial charge in [-0.3, -0.25) is 0 Å². The van der Waals surface area contributed by atoms with Gasteiger partial charge in [-0.05, 0) is 32.8 Å². The molecule has 1 saturated heterocycles. The van der Waals surface area contributed by atoms with Gasteiger partial charge in [-0.1, -0.05) is 30.3 Å². The highest BCUT2D eigenvalue weighted by Crippen LogP contribution is 2.38. The number of rotatable bonds is 3. The lowest BCUT2D eigenvalue weighted by atomic mass is 9.73. The van der Waals surface area contributed by atoms with Gasteiger partial charge in [0, 0.05) is 24.9 Å². The Morgan fingerprint density at radius 3 is 2.48 bits per heavy atom. The third kappa shape index (κ3) is 3.98. The molecule has 0 atom stereocenters. The van der Waals surface area contributed by atoms with Crippen LogP contribution in [0, 0.1) is 16.7 Å². The van der Waals surface area contributed by atoms with E-state index in [1.165, 1.54) is 5.56 Å². The average Bonchev–Trinajstić information content (AvgIpc) is 2.34.